The van der Waals surface area contributed by atoms with E-state index in [9.17, 15) is 4.79 Å². The Balaban J connectivity index is 2.02. The number of rotatable bonds is 4. The van der Waals surface area contributed by atoms with Gasteiger partial charge in [0.2, 0.25) is 5.91 Å². The normalized spacial score (nSPS) is 21.2. The maximum absolute atomic E-state index is 12.5. The Morgan fingerprint density at radius 2 is 1.95 bits per heavy atom. The van der Waals surface area contributed by atoms with E-state index in [4.69, 9.17) is 0 Å². The van der Waals surface area contributed by atoms with Gasteiger partial charge in [0.15, 0.2) is 0 Å². The molecule has 1 amide bonds. The van der Waals surface area contributed by atoms with Crippen molar-refractivity contribution in [3.63, 3.8) is 0 Å². The molecule has 1 saturated heterocycles. The van der Waals surface area contributed by atoms with Crippen molar-refractivity contribution in [1.82, 2.24) is 10.6 Å². The third-order valence-corrected chi connectivity index (χ3v) is 4.00. The van der Waals surface area contributed by atoms with E-state index in [1.165, 1.54) is 18.4 Å². The van der Waals surface area contributed by atoms with Crippen LogP contribution < -0.4 is 10.6 Å². The summed E-state index contributed by atoms with van der Waals surface area (Å²) in [6.07, 6.45) is 4.49. The summed E-state index contributed by atoms with van der Waals surface area (Å²) in [6.45, 7) is 5.26. The molecule has 110 valence electrons. The zero-order chi connectivity index (χ0) is 14.4. The first-order valence-corrected chi connectivity index (χ1v) is 7.77. The van der Waals surface area contributed by atoms with Gasteiger partial charge in [0.25, 0.3) is 0 Å². The van der Waals surface area contributed by atoms with Crippen LogP contribution in [0.2, 0.25) is 0 Å². The minimum absolute atomic E-state index is 0.0255. The van der Waals surface area contributed by atoms with Crippen LogP contribution in [0, 0.1) is 5.92 Å². The Kier molecular flexibility index (Phi) is 5.60. The van der Waals surface area contributed by atoms with E-state index in [0.29, 0.717) is 5.92 Å². The van der Waals surface area contributed by atoms with Gasteiger partial charge in [-0.25, -0.2) is 0 Å². The highest BCUT2D eigenvalue weighted by Crippen LogP contribution is 2.22. The standard InChI is InChI=1S/C17H26N2O/c1-13(2)16(14-9-5-3-6-10-14)19-17(20)15-11-7-4-8-12-18-15/h3,5-6,9-10,13,15-16,18H,4,7-8,11-12H2,1-2H3,(H,19,20). The Morgan fingerprint density at radius 1 is 1.20 bits per heavy atom. The molecule has 0 aliphatic carbocycles. The first kappa shape index (κ1) is 15.0. The molecule has 1 heterocycles. The predicted molar refractivity (Wildman–Crippen MR) is 82.4 cm³/mol. The van der Waals surface area contributed by atoms with Gasteiger partial charge >= 0.3 is 0 Å². The largest absolute Gasteiger partial charge is 0.348 e. The Bertz CT molecular complexity index is 408. The lowest BCUT2D eigenvalue weighted by Gasteiger charge is -2.25. The van der Waals surface area contributed by atoms with Crippen molar-refractivity contribution in [3.8, 4) is 0 Å². The minimum Gasteiger partial charge on any atom is -0.348 e. The average Bonchev–Trinajstić information content (AvgIpc) is 2.74. The maximum atomic E-state index is 12.5. The van der Waals surface area contributed by atoms with Crippen LogP contribution >= 0.6 is 0 Å². The molecule has 3 heteroatoms. The molecule has 2 N–H and O–H groups in total. The molecule has 1 aliphatic rings. The van der Waals surface area contributed by atoms with Crippen LogP contribution in [0.1, 0.15) is 51.1 Å². The van der Waals surface area contributed by atoms with Crippen molar-refractivity contribution in [3.05, 3.63) is 35.9 Å². The third-order valence-electron chi connectivity index (χ3n) is 4.00. The van der Waals surface area contributed by atoms with E-state index in [0.717, 1.165) is 19.4 Å². The van der Waals surface area contributed by atoms with Crippen LogP contribution in [-0.4, -0.2) is 18.5 Å². The van der Waals surface area contributed by atoms with Crippen molar-refractivity contribution < 1.29 is 4.79 Å². The van der Waals surface area contributed by atoms with Gasteiger partial charge in [-0.05, 0) is 30.9 Å². The number of carbonyl (C=O) groups excluding carboxylic acids is 1. The van der Waals surface area contributed by atoms with Gasteiger partial charge in [0.1, 0.15) is 0 Å². The highest BCUT2D eigenvalue weighted by Gasteiger charge is 2.24. The molecule has 20 heavy (non-hydrogen) atoms. The number of benzene rings is 1. The van der Waals surface area contributed by atoms with Crippen molar-refractivity contribution in [2.24, 2.45) is 5.92 Å². The summed E-state index contributed by atoms with van der Waals surface area (Å²) >= 11 is 0. The molecule has 0 spiro atoms. The summed E-state index contributed by atoms with van der Waals surface area (Å²) in [5.41, 5.74) is 1.18. The quantitative estimate of drug-likeness (QED) is 0.886. The van der Waals surface area contributed by atoms with E-state index in [1.54, 1.807) is 0 Å². The fourth-order valence-electron chi connectivity index (χ4n) is 2.80. The third kappa shape index (κ3) is 4.07. The molecular weight excluding hydrogens is 248 g/mol. The monoisotopic (exact) mass is 274 g/mol. The van der Waals surface area contributed by atoms with Crippen molar-refractivity contribution in [2.75, 3.05) is 6.54 Å². The van der Waals surface area contributed by atoms with Crippen LogP contribution in [0.25, 0.3) is 0 Å². The summed E-state index contributed by atoms with van der Waals surface area (Å²) in [4.78, 5) is 12.5. The van der Waals surface area contributed by atoms with Crippen molar-refractivity contribution >= 4 is 5.91 Å². The zero-order valence-corrected chi connectivity index (χ0v) is 12.6. The molecule has 0 radical (unpaired) electrons. The van der Waals surface area contributed by atoms with Gasteiger partial charge in [0.05, 0.1) is 12.1 Å². The van der Waals surface area contributed by atoms with Gasteiger partial charge in [-0.2, -0.15) is 0 Å². The maximum Gasteiger partial charge on any atom is 0.237 e. The minimum atomic E-state index is -0.0255. The lowest BCUT2D eigenvalue weighted by Crippen LogP contribution is -2.45. The zero-order valence-electron chi connectivity index (χ0n) is 12.6. The van der Waals surface area contributed by atoms with Crippen molar-refractivity contribution in [2.45, 2.75) is 51.6 Å². The summed E-state index contributed by atoms with van der Waals surface area (Å²) in [5.74, 6) is 0.529. The predicted octanol–water partition coefficient (Wildman–Crippen LogP) is 3.03. The fraction of sp³-hybridized carbons (Fsp3) is 0.588. The SMILES string of the molecule is CC(C)C(NC(=O)C1CCCCCN1)c1ccccc1. The van der Waals surface area contributed by atoms with Crippen molar-refractivity contribution in [1.29, 1.82) is 0 Å². The molecule has 0 aromatic heterocycles. The number of hydrogen-bond donors (Lipinski definition) is 2. The molecule has 1 aromatic rings. The van der Waals surface area contributed by atoms with Gasteiger partial charge in [-0.3, -0.25) is 4.79 Å². The molecule has 2 unspecified atom stereocenters. The smallest absolute Gasteiger partial charge is 0.237 e. The molecule has 2 atom stereocenters. The average molecular weight is 274 g/mol. The van der Waals surface area contributed by atoms with E-state index in [-0.39, 0.29) is 18.0 Å². The molecule has 0 bridgehead atoms. The number of amides is 1. The Labute approximate surface area is 122 Å². The van der Waals surface area contributed by atoms with Gasteiger partial charge in [0, 0.05) is 0 Å². The molecule has 1 aromatic carbocycles. The second-order valence-electron chi connectivity index (χ2n) is 6.00. The molecular formula is C17H26N2O. The van der Waals surface area contributed by atoms with Crippen LogP contribution in [0.4, 0.5) is 0 Å². The summed E-state index contributed by atoms with van der Waals surface area (Å²) in [7, 11) is 0. The molecule has 2 rings (SSSR count). The van der Waals surface area contributed by atoms with Crippen LogP contribution in [0.5, 0.6) is 0 Å². The molecule has 1 fully saturated rings. The van der Waals surface area contributed by atoms with E-state index >= 15 is 0 Å². The van der Waals surface area contributed by atoms with Gasteiger partial charge in [-0.1, -0.05) is 57.0 Å². The number of carbonyl (C=O) groups is 1. The topological polar surface area (TPSA) is 41.1 Å². The van der Waals surface area contributed by atoms with E-state index < -0.39 is 0 Å². The van der Waals surface area contributed by atoms with Crippen LogP contribution in [0.3, 0.4) is 0 Å². The molecule has 0 saturated carbocycles. The van der Waals surface area contributed by atoms with E-state index in [1.807, 2.05) is 18.2 Å². The second kappa shape index (κ2) is 7.44. The lowest BCUT2D eigenvalue weighted by molar-refractivity contribution is -0.124. The number of nitrogens with one attached hydrogen (secondary N) is 2. The van der Waals surface area contributed by atoms with E-state index in [2.05, 4.69) is 36.6 Å². The van der Waals surface area contributed by atoms with Crippen LogP contribution in [-0.2, 0) is 4.79 Å². The summed E-state index contributed by atoms with van der Waals surface area (Å²) in [5, 5.41) is 6.59. The lowest BCUT2D eigenvalue weighted by atomic mass is 9.95. The second-order valence-corrected chi connectivity index (χ2v) is 6.00. The summed E-state index contributed by atoms with van der Waals surface area (Å²) < 4.78 is 0. The van der Waals surface area contributed by atoms with Crippen LogP contribution in [0.15, 0.2) is 30.3 Å². The summed E-state index contributed by atoms with van der Waals surface area (Å²) in [6, 6.07) is 10.3. The Hall–Kier alpha value is -1.35. The molecule has 3 nitrogen and oxygen atoms in total. The first-order valence-electron chi connectivity index (χ1n) is 7.77. The van der Waals surface area contributed by atoms with Gasteiger partial charge in [-0.15, -0.1) is 0 Å². The first-order chi connectivity index (χ1) is 9.68. The number of hydrogen-bond acceptors (Lipinski definition) is 2. The molecule has 1 aliphatic heterocycles. The highest BCUT2D eigenvalue weighted by molar-refractivity contribution is 5.82. The Morgan fingerprint density at radius 3 is 2.65 bits per heavy atom. The highest BCUT2D eigenvalue weighted by atomic mass is 16.2. The van der Waals surface area contributed by atoms with Gasteiger partial charge < -0.3 is 10.6 Å². The fourth-order valence-corrected chi connectivity index (χ4v) is 2.80.